The van der Waals surface area contributed by atoms with Crippen LogP contribution in [0.2, 0.25) is 0 Å². The van der Waals surface area contributed by atoms with E-state index in [0.29, 0.717) is 5.92 Å². The second-order valence-corrected chi connectivity index (χ2v) is 4.22. The van der Waals surface area contributed by atoms with Gasteiger partial charge in [0, 0.05) is 6.20 Å². The molecule has 0 amide bonds. The van der Waals surface area contributed by atoms with Crippen LogP contribution in [0.5, 0.6) is 0 Å². The lowest BCUT2D eigenvalue weighted by Crippen LogP contribution is -2.28. The summed E-state index contributed by atoms with van der Waals surface area (Å²) >= 11 is 0. The Bertz CT molecular complexity index is 500. The fourth-order valence-corrected chi connectivity index (χ4v) is 1.84. The van der Waals surface area contributed by atoms with E-state index in [9.17, 15) is 5.11 Å². The molecule has 1 fully saturated rings. The van der Waals surface area contributed by atoms with E-state index in [2.05, 4.69) is 11.6 Å². The quantitative estimate of drug-likeness (QED) is 0.824. The van der Waals surface area contributed by atoms with Gasteiger partial charge in [-0.2, -0.15) is 0 Å². The highest BCUT2D eigenvalue weighted by molar-refractivity contribution is 5.36. The van der Waals surface area contributed by atoms with Gasteiger partial charge in [-0.3, -0.25) is 4.98 Å². The van der Waals surface area contributed by atoms with Crippen molar-refractivity contribution in [1.29, 1.82) is 0 Å². The molecule has 2 rings (SSSR count). The molecule has 0 spiro atoms. The molecule has 1 N–H and O–H groups in total. The van der Waals surface area contributed by atoms with Gasteiger partial charge in [0.2, 0.25) is 0 Å². The zero-order valence-corrected chi connectivity index (χ0v) is 9.56. The first-order valence-electron chi connectivity index (χ1n) is 5.69. The second kappa shape index (κ2) is 4.62. The Morgan fingerprint density at radius 3 is 2.88 bits per heavy atom. The van der Waals surface area contributed by atoms with Gasteiger partial charge in [-0.05, 0) is 48.6 Å². The van der Waals surface area contributed by atoms with Crippen LogP contribution in [-0.4, -0.2) is 10.1 Å². The molecule has 1 aliphatic carbocycles. The molecular weight excluding hydrogens is 198 g/mol. The zero-order chi connectivity index (χ0) is 11.5. The van der Waals surface area contributed by atoms with Crippen LogP contribution < -0.4 is 10.6 Å². The molecule has 0 saturated heterocycles. The SMILES string of the molecule is C=C/C=c1/ncc(C(O)C2CC2)c/c1=C/C. The number of hydrogen-bond acceptors (Lipinski definition) is 2. The Balaban J connectivity index is 2.44. The molecule has 2 heteroatoms. The summed E-state index contributed by atoms with van der Waals surface area (Å²) in [7, 11) is 0. The van der Waals surface area contributed by atoms with Crippen molar-refractivity contribution in [2.75, 3.05) is 0 Å². The van der Waals surface area contributed by atoms with Crippen LogP contribution in [0.4, 0.5) is 0 Å². The summed E-state index contributed by atoms with van der Waals surface area (Å²) in [5.41, 5.74) is 0.928. The lowest BCUT2D eigenvalue weighted by molar-refractivity contribution is 0.153. The summed E-state index contributed by atoms with van der Waals surface area (Å²) in [6.07, 6.45) is 9.30. The molecule has 1 heterocycles. The normalized spacial score (nSPS) is 19.9. The maximum Gasteiger partial charge on any atom is 0.0833 e. The Hall–Kier alpha value is -1.41. The zero-order valence-electron chi connectivity index (χ0n) is 9.56. The average molecular weight is 215 g/mol. The Morgan fingerprint density at radius 1 is 1.56 bits per heavy atom. The van der Waals surface area contributed by atoms with Crippen molar-refractivity contribution in [3.63, 3.8) is 0 Å². The van der Waals surface area contributed by atoms with Crippen LogP contribution in [0.15, 0.2) is 24.9 Å². The first-order valence-corrected chi connectivity index (χ1v) is 5.69. The maximum absolute atomic E-state index is 10.0. The Morgan fingerprint density at radius 2 is 2.31 bits per heavy atom. The molecule has 0 bridgehead atoms. The summed E-state index contributed by atoms with van der Waals surface area (Å²) in [6, 6.07) is 2.02. The highest BCUT2D eigenvalue weighted by Crippen LogP contribution is 2.40. The van der Waals surface area contributed by atoms with Crippen molar-refractivity contribution < 1.29 is 5.11 Å². The molecule has 1 aromatic rings. The van der Waals surface area contributed by atoms with Crippen LogP contribution in [0.25, 0.3) is 12.2 Å². The van der Waals surface area contributed by atoms with Crippen molar-refractivity contribution in [3.05, 3.63) is 41.0 Å². The van der Waals surface area contributed by atoms with E-state index in [1.54, 1.807) is 12.3 Å². The van der Waals surface area contributed by atoms with E-state index in [1.165, 1.54) is 0 Å². The van der Waals surface area contributed by atoms with Crippen LogP contribution in [-0.2, 0) is 0 Å². The summed E-state index contributed by atoms with van der Waals surface area (Å²) < 4.78 is 0. The third-order valence-electron chi connectivity index (χ3n) is 2.97. The molecule has 1 aliphatic rings. The monoisotopic (exact) mass is 215 g/mol. The van der Waals surface area contributed by atoms with Gasteiger partial charge in [0.25, 0.3) is 0 Å². The van der Waals surface area contributed by atoms with Gasteiger partial charge in [-0.25, -0.2) is 0 Å². The topological polar surface area (TPSA) is 33.1 Å². The van der Waals surface area contributed by atoms with Gasteiger partial charge in [0.05, 0.1) is 11.5 Å². The fourth-order valence-electron chi connectivity index (χ4n) is 1.84. The molecule has 1 aromatic heterocycles. The maximum atomic E-state index is 10.0. The molecule has 16 heavy (non-hydrogen) atoms. The van der Waals surface area contributed by atoms with Gasteiger partial charge >= 0.3 is 0 Å². The van der Waals surface area contributed by atoms with E-state index >= 15 is 0 Å². The highest BCUT2D eigenvalue weighted by Gasteiger charge is 2.30. The minimum atomic E-state index is -0.344. The standard InChI is InChI=1S/C14H17NO/c1-3-5-13-10(4-2)8-12(9-15-13)14(16)11-6-7-11/h3-5,8-9,11,14,16H,1,6-7H2,2H3/b10-4-,13-5+. The van der Waals surface area contributed by atoms with Crippen molar-refractivity contribution in [1.82, 2.24) is 4.98 Å². The van der Waals surface area contributed by atoms with Crippen molar-refractivity contribution >= 4 is 12.2 Å². The third kappa shape index (κ3) is 2.22. The molecule has 1 saturated carbocycles. The Labute approximate surface area is 95.7 Å². The van der Waals surface area contributed by atoms with Gasteiger partial charge in [0.15, 0.2) is 0 Å². The number of pyridine rings is 1. The third-order valence-corrected chi connectivity index (χ3v) is 2.97. The van der Waals surface area contributed by atoms with Crippen molar-refractivity contribution in [2.24, 2.45) is 5.92 Å². The summed E-state index contributed by atoms with van der Waals surface area (Å²) in [5, 5.41) is 12.0. The average Bonchev–Trinajstić information content (AvgIpc) is 3.13. The molecule has 0 radical (unpaired) electrons. The fraction of sp³-hybridized carbons (Fsp3) is 0.357. The van der Waals surface area contributed by atoms with Crippen LogP contribution >= 0.6 is 0 Å². The smallest absolute Gasteiger partial charge is 0.0833 e. The molecule has 0 aromatic carbocycles. The number of allylic oxidation sites excluding steroid dienone is 1. The predicted octanol–water partition coefficient (Wildman–Crippen LogP) is 1.29. The van der Waals surface area contributed by atoms with Crippen molar-refractivity contribution in [3.8, 4) is 0 Å². The van der Waals surface area contributed by atoms with Gasteiger partial charge < -0.3 is 5.11 Å². The van der Waals surface area contributed by atoms with Crippen LogP contribution in [0, 0.1) is 5.92 Å². The first kappa shape index (κ1) is 11.1. The molecule has 2 nitrogen and oxygen atoms in total. The van der Waals surface area contributed by atoms with Crippen LogP contribution in [0.1, 0.15) is 31.4 Å². The van der Waals surface area contributed by atoms with Gasteiger partial charge in [-0.15, -0.1) is 0 Å². The summed E-state index contributed by atoms with van der Waals surface area (Å²) in [5.74, 6) is 0.445. The minimum absolute atomic E-state index is 0.344. The summed E-state index contributed by atoms with van der Waals surface area (Å²) in [6.45, 7) is 5.65. The van der Waals surface area contributed by atoms with E-state index in [1.807, 2.05) is 25.1 Å². The molecule has 84 valence electrons. The molecule has 0 aliphatic heterocycles. The summed E-state index contributed by atoms with van der Waals surface area (Å²) in [4.78, 5) is 4.35. The Kier molecular flexibility index (Phi) is 3.20. The van der Waals surface area contributed by atoms with E-state index in [0.717, 1.165) is 29.0 Å². The number of aliphatic hydroxyl groups excluding tert-OH is 1. The minimum Gasteiger partial charge on any atom is -0.388 e. The number of aromatic nitrogens is 1. The van der Waals surface area contributed by atoms with Gasteiger partial charge in [-0.1, -0.05) is 18.7 Å². The molecule has 1 atom stereocenters. The van der Waals surface area contributed by atoms with E-state index in [4.69, 9.17) is 0 Å². The molecular formula is C14H17NO. The number of rotatable bonds is 3. The number of nitrogens with zero attached hydrogens (tertiary/aromatic N) is 1. The van der Waals surface area contributed by atoms with Crippen LogP contribution in [0.3, 0.4) is 0 Å². The van der Waals surface area contributed by atoms with Gasteiger partial charge in [0.1, 0.15) is 0 Å². The first-order chi connectivity index (χ1) is 7.76. The molecule has 1 unspecified atom stereocenters. The van der Waals surface area contributed by atoms with Crippen molar-refractivity contribution in [2.45, 2.75) is 25.9 Å². The predicted molar refractivity (Wildman–Crippen MR) is 66.0 cm³/mol. The van der Waals surface area contributed by atoms with E-state index < -0.39 is 0 Å². The number of aliphatic hydroxyl groups is 1. The number of hydrogen-bond donors (Lipinski definition) is 1. The highest BCUT2D eigenvalue weighted by atomic mass is 16.3. The lowest BCUT2D eigenvalue weighted by Gasteiger charge is -2.08. The second-order valence-electron chi connectivity index (χ2n) is 4.22. The van der Waals surface area contributed by atoms with E-state index in [-0.39, 0.29) is 6.10 Å². The largest absolute Gasteiger partial charge is 0.388 e. The lowest BCUT2D eigenvalue weighted by atomic mass is 10.1.